The molecule has 4 rings (SSSR count). The number of rotatable bonds is 5. The number of benzene rings is 2. The van der Waals surface area contributed by atoms with Crippen LogP contribution in [0.4, 0.5) is 11.5 Å². The van der Waals surface area contributed by atoms with E-state index in [0.717, 1.165) is 53.2 Å². The number of piperidine rings is 1. The number of amides is 1. The first-order valence-electron chi connectivity index (χ1n) is 9.98. The van der Waals surface area contributed by atoms with Gasteiger partial charge in [-0.1, -0.05) is 41.9 Å². The summed E-state index contributed by atoms with van der Waals surface area (Å²) in [5.74, 6) is 1.10. The Morgan fingerprint density at radius 1 is 1.13 bits per heavy atom. The fourth-order valence-corrected chi connectivity index (χ4v) is 4.02. The maximum Gasteiger partial charge on any atom is 0.222 e. The lowest BCUT2D eigenvalue weighted by atomic mass is 9.95. The van der Waals surface area contributed by atoms with E-state index in [-0.39, 0.29) is 24.2 Å². The van der Waals surface area contributed by atoms with Crippen LogP contribution in [0.15, 0.2) is 54.6 Å². The van der Waals surface area contributed by atoms with Crippen molar-refractivity contribution in [2.75, 3.05) is 30.4 Å². The number of anilines is 2. The zero-order chi connectivity index (χ0) is 20.2. The maximum absolute atomic E-state index is 12.0. The first-order valence-corrected chi connectivity index (χ1v) is 10.4. The van der Waals surface area contributed by atoms with Gasteiger partial charge in [0, 0.05) is 54.8 Å². The summed E-state index contributed by atoms with van der Waals surface area (Å²) >= 11 is 5.98. The number of pyridine rings is 1. The van der Waals surface area contributed by atoms with Crippen LogP contribution in [0.5, 0.6) is 0 Å². The number of para-hydroxylation sites is 1. The summed E-state index contributed by atoms with van der Waals surface area (Å²) in [5, 5.41) is 8.10. The molecule has 1 aromatic heterocycles. The Kier molecular flexibility index (Phi) is 7.40. The predicted molar refractivity (Wildman–Crippen MR) is 127 cm³/mol. The van der Waals surface area contributed by atoms with E-state index < -0.39 is 0 Å². The van der Waals surface area contributed by atoms with E-state index in [9.17, 15) is 4.79 Å². The number of halogens is 2. The zero-order valence-electron chi connectivity index (χ0n) is 16.9. The highest BCUT2D eigenvalue weighted by Gasteiger charge is 2.25. The van der Waals surface area contributed by atoms with Crippen LogP contribution in [0.3, 0.4) is 0 Å². The molecule has 0 spiro atoms. The van der Waals surface area contributed by atoms with Crippen molar-refractivity contribution in [1.29, 1.82) is 0 Å². The van der Waals surface area contributed by atoms with Crippen LogP contribution in [0, 0.1) is 5.92 Å². The first kappa shape index (κ1) is 22.2. The molecule has 1 saturated heterocycles. The third kappa shape index (κ3) is 4.97. The summed E-state index contributed by atoms with van der Waals surface area (Å²) in [4.78, 5) is 19.1. The number of hydrogen-bond acceptors (Lipinski definition) is 4. The SMILES string of the molecule is CNC(=O)C1CCN(c2cc(NCc3ccc(Cl)cc3)nc3ccccc23)CC1.Cl. The molecule has 0 atom stereocenters. The molecule has 7 heteroatoms. The van der Waals surface area contributed by atoms with Gasteiger partial charge in [-0.25, -0.2) is 4.98 Å². The van der Waals surface area contributed by atoms with Crippen LogP contribution >= 0.6 is 24.0 Å². The molecule has 1 amide bonds. The number of carbonyl (C=O) groups excluding carboxylic acids is 1. The van der Waals surface area contributed by atoms with Crippen LogP contribution in [0.25, 0.3) is 10.9 Å². The van der Waals surface area contributed by atoms with Crippen molar-refractivity contribution in [3.05, 3.63) is 65.2 Å². The van der Waals surface area contributed by atoms with Crippen LogP contribution < -0.4 is 15.5 Å². The van der Waals surface area contributed by atoms with Crippen molar-refractivity contribution in [2.45, 2.75) is 19.4 Å². The monoisotopic (exact) mass is 444 g/mol. The Labute approximate surface area is 188 Å². The van der Waals surface area contributed by atoms with E-state index in [0.29, 0.717) is 6.54 Å². The van der Waals surface area contributed by atoms with Crippen molar-refractivity contribution >= 4 is 52.3 Å². The molecule has 2 heterocycles. The third-order valence-electron chi connectivity index (χ3n) is 5.53. The van der Waals surface area contributed by atoms with Gasteiger partial charge in [-0.2, -0.15) is 0 Å². The molecule has 30 heavy (non-hydrogen) atoms. The molecule has 0 unspecified atom stereocenters. The summed E-state index contributed by atoms with van der Waals surface area (Å²) in [5.41, 5.74) is 3.29. The second-order valence-corrected chi connectivity index (χ2v) is 7.84. The smallest absolute Gasteiger partial charge is 0.222 e. The fourth-order valence-electron chi connectivity index (χ4n) is 3.89. The fraction of sp³-hybridized carbons (Fsp3) is 0.304. The molecule has 158 valence electrons. The lowest BCUT2D eigenvalue weighted by Gasteiger charge is -2.33. The number of hydrogen-bond donors (Lipinski definition) is 2. The molecule has 1 aliphatic rings. The molecule has 0 saturated carbocycles. The summed E-state index contributed by atoms with van der Waals surface area (Å²) in [7, 11) is 1.71. The van der Waals surface area contributed by atoms with Crippen LogP contribution in [0.2, 0.25) is 5.02 Å². The minimum Gasteiger partial charge on any atom is -0.371 e. The molecule has 1 fully saturated rings. The lowest BCUT2D eigenvalue weighted by Crippen LogP contribution is -2.39. The van der Waals surface area contributed by atoms with Crippen LogP contribution in [-0.2, 0) is 11.3 Å². The van der Waals surface area contributed by atoms with E-state index in [2.05, 4.69) is 27.7 Å². The Balaban J connectivity index is 0.00000256. The van der Waals surface area contributed by atoms with Crippen molar-refractivity contribution in [3.8, 4) is 0 Å². The largest absolute Gasteiger partial charge is 0.371 e. The highest BCUT2D eigenvalue weighted by molar-refractivity contribution is 6.30. The van der Waals surface area contributed by atoms with Crippen molar-refractivity contribution in [3.63, 3.8) is 0 Å². The topological polar surface area (TPSA) is 57.3 Å². The van der Waals surface area contributed by atoms with Gasteiger partial charge in [0.05, 0.1) is 5.52 Å². The quantitative estimate of drug-likeness (QED) is 0.588. The molecule has 2 aromatic carbocycles. The Hall–Kier alpha value is -2.50. The van der Waals surface area contributed by atoms with Crippen molar-refractivity contribution in [2.24, 2.45) is 5.92 Å². The number of aromatic nitrogens is 1. The standard InChI is InChI=1S/C23H25ClN4O.ClH/c1-25-23(29)17-10-12-28(13-11-17)21-14-22(27-20-5-3-2-4-19(20)21)26-15-16-6-8-18(24)9-7-16;/h2-9,14,17H,10-13,15H2,1H3,(H,25,29)(H,26,27);1H. The second kappa shape index (κ2) is 10.0. The molecule has 0 bridgehead atoms. The maximum atomic E-state index is 12.0. The number of nitrogens with zero attached hydrogens (tertiary/aromatic N) is 2. The van der Waals surface area contributed by atoms with Gasteiger partial charge in [-0.15, -0.1) is 12.4 Å². The average molecular weight is 445 g/mol. The molecule has 5 nitrogen and oxygen atoms in total. The number of fused-ring (bicyclic) bond motifs is 1. The molecule has 1 aliphatic heterocycles. The normalized spacial score (nSPS) is 14.3. The van der Waals surface area contributed by atoms with Crippen LogP contribution in [-0.4, -0.2) is 31.0 Å². The molecule has 0 radical (unpaired) electrons. The average Bonchev–Trinajstić information content (AvgIpc) is 2.77. The van der Waals surface area contributed by atoms with Gasteiger partial charge in [0.15, 0.2) is 0 Å². The van der Waals surface area contributed by atoms with E-state index in [1.165, 1.54) is 5.69 Å². The Morgan fingerprint density at radius 2 is 1.83 bits per heavy atom. The first-order chi connectivity index (χ1) is 14.1. The minimum absolute atomic E-state index is 0. The molecule has 2 N–H and O–H groups in total. The minimum atomic E-state index is 0. The van der Waals surface area contributed by atoms with E-state index in [1.54, 1.807) is 7.05 Å². The molecule has 3 aromatic rings. The molecular formula is C23H26Cl2N4O. The second-order valence-electron chi connectivity index (χ2n) is 7.40. The Bertz CT molecular complexity index is 1000. The van der Waals surface area contributed by atoms with Gasteiger partial charge in [0.25, 0.3) is 0 Å². The zero-order valence-corrected chi connectivity index (χ0v) is 18.5. The number of nitrogens with one attached hydrogen (secondary N) is 2. The molecule has 0 aliphatic carbocycles. The highest BCUT2D eigenvalue weighted by atomic mass is 35.5. The van der Waals surface area contributed by atoms with Gasteiger partial charge in [0.1, 0.15) is 5.82 Å². The summed E-state index contributed by atoms with van der Waals surface area (Å²) in [6, 6.07) is 18.2. The Morgan fingerprint density at radius 3 is 2.53 bits per heavy atom. The van der Waals surface area contributed by atoms with E-state index in [4.69, 9.17) is 16.6 Å². The summed E-state index contributed by atoms with van der Waals surface area (Å²) in [6.07, 6.45) is 1.73. The van der Waals surface area contributed by atoms with Gasteiger partial charge in [0.2, 0.25) is 5.91 Å². The van der Waals surface area contributed by atoms with Crippen molar-refractivity contribution < 1.29 is 4.79 Å². The third-order valence-corrected chi connectivity index (χ3v) is 5.79. The predicted octanol–water partition coefficient (Wildman–Crippen LogP) is 4.88. The van der Waals surface area contributed by atoms with Gasteiger partial charge >= 0.3 is 0 Å². The summed E-state index contributed by atoms with van der Waals surface area (Å²) < 4.78 is 0. The van der Waals surface area contributed by atoms with Crippen molar-refractivity contribution in [1.82, 2.24) is 10.3 Å². The van der Waals surface area contributed by atoms with E-state index >= 15 is 0 Å². The lowest BCUT2D eigenvalue weighted by molar-refractivity contribution is -0.125. The van der Waals surface area contributed by atoms with Gasteiger partial charge in [-0.05, 0) is 36.6 Å². The number of carbonyl (C=O) groups is 1. The highest BCUT2D eigenvalue weighted by Crippen LogP contribution is 2.32. The van der Waals surface area contributed by atoms with E-state index in [1.807, 2.05) is 42.5 Å². The van der Waals surface area contributed by atoms with Crippen LogP contribution in [0.1, 0.15) is 18.4 Å². The molecular weight excluding hydrogens is 419 g/mol. The summed E-state index contributed by atoms with van der Waals surface area (Å²) in [6.45, 7) is 2.41. The van der Waals surface area contributed by atoms with Gasteiger partial charge in [-0.3, -0.25) is 4.79 Å². The van der Waals surface area contributed by atoms with Gasteiger partial charge < -0.3 is 15.5 Å².